The minimum absolute atomic E-state index is 0.139. The van der Waals surface area contributed by atoms with E-state index in [-0.39, 0.29) is 11.6 Å². The number of hydrogen-bond donors (Lipinski definition) is 0. The molecule has 0 bridgehead atoms. The van der Waals surface area contributed by atoms with Gasteiger partial charge in [-0.1, -0.05) is 60.8 Å². The van der Waals surface area contributed by atoms with Crippen LogP contribution < -0.4 is 10.4 Å². The van der Waals surface area contributed by atoms with Gasteiger partial charge in [0.15, 0.2) is 10.5 Å². The maximum atomic E-state index is 13.4. The molecule has 5 nitrogen and oxygen atoms in total. The highest BCUT2D eigenvalue weighted by molar-refractivity contribution is 7.07. The number of nitrogens with zero attached hydrogens (tertiary/aromatic N) is 4. The number of rotatable bonds is 6. The standard InChI is InChI=1S/C25H26Cl2N4OS/c1-5-9-16(2)30-22(18-12-13-20(26)21(27)14-18)15-33-25(30)28-23-17(3)29(4)31(24(23)32)19-10-7-6-8-11-19/h6-8,10-16H,5,9H2,1-4H3. The Labute approximate surface area is 207 Å². The van der Waals surface area contributed by atoms with Crippen LogP contribution in [-0.4, -0.2) is 13.9 Å². The van der Waals surface area contributed by atoms with E-state index < -0.39 is 0 Å². The molecule has 4 aromatic rings. The van der Waals surface area contributed by atoms with E-state index in [9.17, 15) is 4.79 Å². The summed E-state index contributed by atoms with van der Waals surface area (Å²) in [6, 6.07) is 15.5. The molecule has 0 aliphatic rings. The monoisotopic (exact) mass is 500 g/mol. The molecule has 0 aliphatic heterocycles. The fraction of sp³-hybridized carbons (Fsp3) is 0.280. The first-order chi connectivity index (χ1) is 15.8. The molecule has 33 heavy (non-hydrogen) atoms. The third kappa shape index (κ3) is 4.47. The van der Waals surface area contributed by atoms with Crippen molar-refractivity contribution in [3.05, 3.63) is 84.8 Å². The summed E-state index contributed by atoms with van der Waals surface area (Å²) >= 11 is 14.0. The SMILES string of the molecule is CCCC(C)n1c(-c2ccc(Cl)c(Cl)c2)csc1=Nc1c(C)n(C)n(-c2ccccc2)c1=O. The topological polar surface area (TPSA) is 44.2 Å². The Morgan fingerprint density at radius 1 is 1.09 bits per heavy atom. The summed E-state index contributed by atoms with van der Waals surface area (Å²) in [6.45, 7) is 6.27. The fourth-order valence-electron chi connectivity index (χ4n) is 4.02. The van der Waals surface area contributed by atoms with Crippen LogP contribution in [0.5, 0.6) is 0 Å². The Morgan fingerprint density at radius 3 is 2.48 bits per heavy atom. The number of benzene rings is 2. The van der Waals surface area contributed by atoms with Crippen LogP contribution in [0.1, 0.15) is 38.4 Å². The fourth-order valence-corrected chi connectivity index (χ4v) is 5.32. The van der Waals surface area contributed by atoms with Gasteiger partial charge >= 0.3 is 0 Å². The van der Waals surface area contributed by atoms with Gasteiger partial charge in [0.25, 0.3) is 5.56 Å². The van der Waals surface area contributed by atoms with Gasteiger partial charge < -0.3 is 4.57 Å². The smallest absolute Gasteiger partial charge is 0.297 e. The van der Waals surface area contributed by atoms with Crippen LogP contribution in [0, 0.1) is 6.92 Å². The van der Waals surface area contributed by atoms with Gasteiger partial charge in [-0.2, -0.15) is 0 Å². The first kappa shape index (κ1) is 23.6. The average molecular weight is 501 g/mol. The normalized spacial score (nSPS) is 13.0. The van der Waals surface area contributed by atoms with Crippen molar-refractivity contribution in [2.45, 2.75) is 39.7 Å². The first-order valence-electron chi connectivity index (χ1n) is 10.9. The Bertz CT molecular complexity index is 1410. The molecule has 0 N–H and O–H groups in total. The van der Waals surface area contributed by atoms with Crippen molar-refractivity contribution in [3.8, 4) is 16.9 Å². The van der Waals surface area contributed by atoms with E-state index in [4.69, 9.17) is 28.2 Å². The zero-order valence-corrected chi connectivity index (χ0v) is 21.4. The minimum Gasteiger partial charge on any atom is -0.314 e. The van der Waals surface area contributed by atoms with Crippen molar-refractivity contribution in [2.75, 3.05) is 0 Å². The molecule has 2 aromatic heterocycles. The summed E-state index contributed by atoms with van der Waals surface area (Å²) in [7, 11) is 1.88. The Kier molecular flexibility index (Phi) is 6.98. The van der Waals surface area contributed by atoms with E-state index in [1.165, 1.54) is 11.3 Å². The molecule has 0 fully saturated rings. The van der Waals surface area contributed by atoms with E-state index in [2.05, 4.69) is 23.8 Å². The Balaban J connectivity index is 1.93. The van der Waals surface area contributed by atoms with Crippen molar-refractivity contribution >= 4 is 40.2 Å². The third-order valence-electron chi connectivity index (χ3n) is 5.84. The number of para-hydroxylation sites is 1. The number of halogens is 2. The predicted octanol–water partition coefficient (Wildman–Crippen LogP) is 6.91. The van der Waals surface area contributed by atoms with Crippen LogP contribution in [0.4, 0.5) is 5.69 Å². The summed E-state index contributed by atoms with van der Waals surface area (Å²) in [5.74, 6) is 0. The van der Waals surface area contributed by atoms with Crippen LogP contribution in [0.3, 0.4) is 0 Å². The molecule has 4 rings (SSSR count). The average Bonchev–Trinajstić information content (AvgIpc) is 3.31. The molecule has 0 spiro atoms. The molecule has 0 radical (unpaired) electrons. The highest BCUT2D eigenvalue weighted by Gasteiger charge is 2.18. The van der Waals surface area contributed by atoms with E-state index in [1.807, 2.05) is 67.2 Å². The molecular weight excluding hydrogens is 475 g/mol. The van der Waals surface area contributed by atoms with Gasteiger partial charge in [0.1, 0.15) is 0 Å². The quantitative estimate of drug-likeness (QED) is 0.283. The summed E-state index contributed by atoms with van der Waals surface area (Å²) in [5.41, 5.74) is 3.90. The van der Waals surface area contributed by atoms with E-state index in [0.29, 0.717) is 15.7 Å². The highest BCUT2D eigenvalue weighted by atomic mass is 35.5. The summed E-state index contributed by atoms with van der Waals surface area (Å²) < 4.78 is 5.71. The van der Waals surface area contributed by atoms with E-state index >= 15 is 0 Å². The molecule has 0 saturated heterocycles. The van der Waals surface area contributed by atoms with Gasteiger partial charge in [0.05, 0.1) is 27.1 Å². The largest absolute Gasteiger partial charge is 0.314 e. The molecule has 1 unspecified atom stereocenters. The lowest BCUT2D eigenvalue weighted by Crippen LogP contribution is -2.21. The van der Waals surface area contributed by atoms with Gasteiger partial charge in [-0.15, -0.1) is 11.3 Å². The predicted molar refractivity (Wildman–Crippen MR) is 138 cm³/mol. The highest BCUT2D eigenvalue weighted by Crippen LogP contribution is 2.31. The Hall–Kier alpha value is -2.54. The molecule has 0 saturated carbocycles. The van der Waals surface area contributed by atoms with Gasteiger partial charge in [-0.25, -0.2) is 9.67 Å². The van der Waals surface area contributed by atoms with Crippen molar-refractivity contribution in [2.24, 2.45) is 12.0 Å². The first-order valence-corrected chi connectivity index (χ1v) is 12.5. The van der Waals surface area contributed by atoms with Crippen LogP contribution in [-0.2, 0) is 7.05 Å². The summed E-state index contributed by atoms with van der Waals surface area (Å²) in [5, 5.41) is 3.10. The maximum Gasteiger partial charge on any atom is 0.297 e. The summed E-state index contributed by atoms with van der Waals surface area (Å²) in [6.07, 6.45) is 2.02. The molecule has 2 heterocycles. The molecule has 1 atom stereocenters. The van der Waals surface area contributed by atoms with Gasteiger partial charge in [-0.3, -0.25) is 9.48 Å². The second-order valence-corrected chi connectivity index (χ2v) is 9.71. The Morgan fingerprint density at radius 2 is 1.82 bits per heavy atom. The molecule has 0 aliphatic carbocycles. The molecule has 0 amide bonds. The van der Waals surface area contributed by atoms with E-state index in [0.717, 1.165) is 40.3 Å². The van der Waals surface area contributed by atoms with Gasteiger partial charge in [0, 0.05) is 24.0 Å². The van der Waals surface area contributed by atoms with Gasteiger partial charge in [-0.05, 0) is 44.5 Å². The van der Waals surface area contributed by atoms with Crippen LogP contribution in [0.2, 0.25) is 10.0 Å². The summed E-state index contributed by atoms with van der Waals surface area (Å²) in [4.78, 5) is 19.1. The maximum absolute atomic E-state index is 13.4. The van der Waals surface area contributed by atoms with Crippen molar-refractivity contribution in [1.29, 1.82) is 0 Å². The molecular formula is C25H26Cl2N4OS. The number of thiazole rings is 1. The number of aromatic nitrogens is 3. The van der Waals surface area contributed by atoms with Crippen molar-refractivity contribution < 1.29 is 0 Å². The van der Waals surface area contributed by atoms with E-state index in [1.54, 1.807) is 4.68 Å². The van der Waals surface area contributed by atoms with Crippen LogP contribution in [0.25, 0.3) is 16.9 Å². The molecule has 8 heteroatoms. The zero-order valence-electron chi connectivity index (χ0n) is 19.0. The van der Waals surface area contributed by atoms with Crippen LogP contribution >= 0.6 is 34.5 Å². The van der Waals surface area contributed by atoms with Crippen molar-refractivity contribution in [1.82, 2.24) is 13.9 Å². The lowest BCUT2D eigenvalue weighted by atomic mass is 10.1. The third-order valence-corrected chi connectivity index (χ3v) is 7.41. The molecule has 2 aromatic carbocycles. The van der Waals surface area contributed by atoms with Crippen molar-refractivity contribution in [3.63, 3.8) is 0 Å². The number of hydrogen-bond acceptors (Lipinski definition) is 3. The second-order valence-electron chi connectivity index (χ2n) is 8.06. The van der Waals surface area contributed by atoms with Crippen LogP contribution in [0.15, 0.2) is 63.7 Å². The lowest BCUT2D eigenvalue weighted by molar-refractivity contribution is 0.495. The zero-order chi connectivity index (χ0) is 23.7. The van der Waals surface area contributed by atoms with Gasteiger partial charge in [0.2, 0.25) is 0 Å². The molecule has 172 valence electrons. The second kappa shape index (κ2) is 9.75. The lowest BCUT2D eigenvalue weighted by Gasteiger charge is -2.17. The minimum atomic E-state index is -0.139.